The van der Waals surface area contributed by atoms with Crippen LogP contribution in [0.4, 0.5) is 10.1 Å². The number of benzene rings is 2. The van der Waals surface area contributed by atoms with Gasteiger partial charge in [0.25, 0.3) is 0 Å². The van der Waals surface area contributed by atoms with Crippen molar-refractivity contribution in [2.75, 3.05) is 5.32 Å². The van der Waals surface area contributed by atoms with E-state index in [1.165, 1.54) is 22.8 Å². The molecule has 0 spiro atoms. The fraction of sp³-hybridized carbons (Fsp3) is 0.118. The lowest BCUT2D eigenvalue weighted by atomic mass is 10.3. The van der Waals surface area contributed by atoms with Gasteiger partial charge in [0.15, 0.2) is 10.7 Å². The van der Waals surface area contributed by atoms with Crippen LogP contribution < -0.4 is 21.9 Å². The van der Waals surface area contributed by atoms with Crippen molar-refractivity contribution in [1.82, 2.24) is 15.4 Å². The van der Waals surface area contributed by atoms with Gasteiger partial charge in [-0.2, -0.15) is 0 Å². The third-order valence-electron chi connectivity index (χ3n) is 3.63. The predicted molar refractivity (Wildman–Crippen MR) is 104 cm³/mol. The lowest BCUT2D eigenvalue weighted by molar-refractivity contribution is -0.121. The van der Waals surface area contributed by atoms with Crippen LogP contribution in [0.15, 0.2) is 51.7 Å². The van der Waals surface area contributed by atoms with Gasteiger partial charge in [-0.25, -0.2) is 9.18 Å². The zero-order valence-corrected chi connectivity index (χ0v) is 15.4. The zero-order valence-electron chi connectivity index (χ0n) is 13.8. The molecule has 0 aliphatic rings. The molecule has 3 aromatic rings. The number of nitrogens with zero attached hydrogens (tertiary/aromatic N) is 1. The Morgan fingerprint density at radius 3 is 2.78 bits per heavy atom. The molecule has 0 bridgehead atoms. The summed E-state index contributed by atoms with van der Waals surface area (Å²) in [7, 11) is 0. The Hall–Kier alpha value is -2.91. The number of halogens is 2. The maximum absolute atomic E-state index is 13.5. The number of hydrazine groups is 1. The first-order chi connectivity index (χ1) is 12.9. The van der Waals surface area contributed by atoms with Gasteiger partial charge in [0, 0.05) is 24.1 Å². The molecule has 0 aliphatic heterocycles. The van der Waals surface area contributed by atoms with E-state index >= 15 is 0 Å². The third kappa shape index (κ3) is 4.63. The zero-order chi connectivity index (χ0) is 19.4. The number of hydrogen-bond acceptors (Lipinski definition) is 4. The molecule has 0 atom stereocenters. The molecular weight excluding hydrogens is 395 g/mol. The highest BCUT2D eigenvalue weighted by Gasteiger charge is 2.11. The molecule has 7 nitrogen and oxygen atoms in total. The van der Waals surface area contributed by atoms with E-state index in [9.17, 15) is 14.0 Å². The van der Waals surface area contributed by atoms with Crippen LogP contribution >= 0.6 is 23.8 Å². The SMILES string of the molecule is O=C(CCn1c(=O)oc2cc(Cl)ccc21)NNC(=S)Nc1ccccc1F. The molecule has 0 aliphatic carbocycles. The van der Waals surface area contributed by atoms with Crippen LogP contribution in [0.2, 0.25) is 5.02 Å². The van der Waals surface area contributed by atoms with Crippen molar-refractivity contribution in [3.8, 4) is 0 Å². The summed E-state index contributed by atoms with van der Waals surface area (Å²) in [6.07, 6.45) is -0.00746. The monoisotopic (exact) mass is 408 g/mol. The van der Waals surface area contributed by atoms with Gasteiger partial charge >= 0.3 is 5.76 Å². The molecule has 0 fully saturated rings. The van der Waals surface area contributed by atoms with Crippen molar-refractivity contribution >= 4 is 51.6 Å². The number of amides is 1. The number of aryl methyl sites for hydroxylation is 1. The topological polar surface area (TPSA) is 88.3 Å². The van der Waals surface area contributed by atoms with E-state index in [-0.39, 0.29) is 23.8 Å². The van der Waals surface area contributed by atoms with Crippen LogP contribution in [-0.4, -0.2) is 15.6 Å². The van der Waals surface area contributed by atoms with Gasteiger partial charge in [0.1, 0.15) is 5.82 Å². The van der Waals surface area contributed by atoms with Crippen molar-refractivity contribution in [3.63, 3.8) is 0 Å². The number of oxazole rings is 1. The summed E-state index contributed by atoms with van der Waals surface area (Å²) in [6.45, 7) is 0.106. The average molecular weight is 409 g/mol. The Balaban J connectivity index is 1.53. The van der Waals surface area contributed by atoms with Gasteiger partial charge < -0.3 is 9.73 Å². The van der Waals surface area contributed by atoms with Gasteiger partial charge in [-0.05, 0) is 36.5 Å². The van der Waals surface area contributed by atoms with Gasteiger partial charge in [0.05, 0.1) is 11.2 Å². The number of aromatic nitrogens is 1. The Bertz CT molecular complexity index is 1070. The first-order valence-electron chi connectivity index (χ1n) is 7.83. The van der Waals surface area contributed by atoms with Crippen LogP contribution in [0.5, 0.6) is 0 Å². The van der Waals surface area contributed by atoms with Gasteiger partial charge in [0.2, 0.25) is 5.91 Å². The summed E-state index contributed by atoms with van der Waals surface area (Å²) < 4.78 is 20.0. The van der Waals surface area contributed by atoms with Gasteiger partial charge in [-0.15, -0.1) is 0 Å². The molecule has 1 aromatic heterocycles. The molecule has 10 heteroatoms. The van der Waals surface area contributed by atoms with E-state index in [0.717, 1.165) is 0 Å². The minimum Gasteiger partial charge on any atom is -0.408 e. The molecule has 140 valence electrons. The Morgan fingerprint density at radius 1 is 1.22 bits per heavy atom. The molecule has 1 heterocycles. The van der Waals surface area contributed by atoms with Crippen LogP contribution in [0, 0.1) is 5.82 Å². The Labute approximate surface area is 163 Å². The average Bonchev–Trinajstić information content (AvgIpc) is 2.94. The van der Waals surface area contributed by atoms with Crippen molar-refractivity contribution in [1.29, 1.82) is 0 Å². The second kappa shape index (κ2) is 8.19. The number of para-hydroxylation sites is 1. The molecule has 3 rings (SSSR count). The maximum atomic E-state index is 13.5. The van der Waals surface area contributed by atoms with Crippen molar-refractivity contribution in [3.05, 3.63) is 63.9 Å². The maximum Gasteiger partial charge on any atom is 0.419 e. The van der Waals surface area contributed by atoms with Crippen molar-refractivity contribution in [2.45, 2.75) is 13.0 Å². The summed E-state index contributed by atoms with van der Waals surface area (Å²) in [5.41, 5.74) is 5.92. The second-order valence-corrected chi connectivity index (χ2v) is 6.33. The summed E-state index contributed by atoms with van der Waals surface area (Å²) in [5.74, 6) is -1.47. The summed E-state index contributed by atoms with van der Waals surface area (Å²) in [6, 6.07) is 10.8. The fourth-order valence-corrected chi connectivity index (χ4v) is 2.69. The molecule has 0 saturated heterocycles. The first kappa shape index (κ1) is 18.9. The van der Waals surface area contributed by atoms with E-state index in [4.69, 9.17) is 28.2 Å². The fourth-order valence-electron chi connectivity index (χ4n) is 2.37. The van der Waals surface area contributed by atoms with Crippen LogP contribution in [0.25, 0.3) is 11.1 Å². The second-order valence-electron chi connectivity index (χ2n) is 5.49. The molecule has 0 unspecified atom stereocenters. The highest BCUT2D eigenvalue weighted by Crippen LogP contribution is 2.18. The molecular formula is C17H14ClFN4O3S. The largest absolute Gasteiger partial charge is 0.419 e. The molecule has 0 saturated carbocycles. The minimum atomic E-state index is -0.579. The van der Waals surface area contributed by atoms with Crippen molar-refractivity contribution < 1.29 is 13.6 Å². The van der Waals surface area contributed by atoms with Crippen molar-refractivity contribution in [2.24, 2.45) is 0 Å². The van der Waals surface area contributed by atoms with Gasteiger partial charge in [-0.1, -0.05) is 23.7 Å². The molecule has 0 radical (unpaired) electrons. The molecule has 3 N–H and O–H groups in total. The highest BCUT2D eigenvalue weighted by atomic mass is 35.5. The number of thiocarbonyl (C=S) groups is 1. The smallest absolute Gasteiger partial charge is 0.408 e. The number of nitrogens with one attached hydrogen (secondary N) is 3. The Morgan fingerprint density at radius 2 is 2.00 bits per heavy atom. The van der Waals surface area contributed by atoms with E-state index in [1.807, 2.05) is 0 Å². The first-order valence-corrected chi connectivity index (χ1v) is 8.62. The van der Waals surface area contributed by atoms with E-state index < -0.39 is 17.5 Å². The lowest BCUT2D eigenvalue weighted by Crippen LogP contribution is -2.44. The number of carbonyl (C=O) groups excluding carboxylic acids is 1. The predicted octanol–water partition coefficient (Wildman–Crippen LogP) is 2.79. The number of rotatable bonds is 4. The summed E-state index contributed by atoms with van der Waals surface area (Å²) in [4.78, 5) is 23.9. The number of fused-ring (bicyclic) bond motifs is 1. The van der Waals surface area contributed by atoms with Crippen LogP contribution in [-0.2, 0) is 11.3 Å². The molecule has 2 aromatic carbocycles. The lowest BCUT2D eigenvalue weighted by Gasteiger charge is -2.12. The Kier molecular flexibility index (Phi) is 5.72. The standard InChI is InChI=1S/C17H14ClFN4O3S/c18-10-5-6-13-14(9-10)26-17(25)23(13)8-7-15(24)21-22-16(27)20-12-4-2-1-3-11(12)19/h1-6,9H,7-8H2,(H,21,24)(H2,20,22,27). The van der Waals surface area contributed by atoms with E-state index in [1.54, 1.807) is 24.3 Å². The number of anilines is 1. The minimum absolute atomic E-state index is 0.00746. The quantitative estimate of drug-likeness (QED) is 0.454. The van der Waals surface area contributed by atoms with Crippen LogP contribution in [0.3, 0.4) is 0 Å². The number of hydrogen-bond donors (Lipinski definition) is 3. The normalized spacial score (nSPS) is 10.6. The molecule has 1 amide bonds. The van der Waals surface area contributed by atoms with Crippen LogP contribution in [0.1, 0.15) is 6.42 Å². The van der Waals surface area contributed by atoms with E-state index in [2.05, 4.69) is 16.2 Å². The van der Waals surface area contributed by atoms with Gasteiger partial charge in [-0.3, -0.25) is 20.2 Å². The molecule has 27 heavy (non-hydrogen) atoms. The summed E-state index contributed by atoms with van der Waals surface area (Å²) in [5, 5.41) is 3.09. The third-order valence-corrected chi connectivity index (χ3v) is 4.07. The number of carbonyl (C=O) groups is 1. The summed E-state index contributed by atoms with van der Waals surface area (Å²) >= 11 is 10.8. The van der Waals surface area contributed by atoms with E-state index in [0.29, 0.717) is 16.1 Å². The highest BCUT2D eigenvalue weighted by molar-refractivity contribution is 7.80.